The van der Waals surface area contributed by atoms with Gasteiger partial charge < -0.3 is 19.5 Å². The summed E-state index contributed by atoms with van der Waals surface area (Å²) in [7, 11) is 0. The van der Waals surface area contributed by atoms with Gasteiger partial charge in [0.15, 0.2) is 0 Å². The first kappa shape index (κ1) is 24.0. The molecule has 2 aliphatic rings. The van der Waals surface area contributed by atoms with Crippen LogP contribution in [0.1, 0.15) is 31.0 Å². The number of aliphatic hydroxyl groups excluding tert-OH is 1. The molecular formula is C27H32N2O5. The summed E-state index contributed by atoms with van der Waals surface area (Å²) >= 11 is 0. The average Bonchev–Trinajstić information content (AvgIpc) is 3.12. The minimum atomic E-state index is -0.659. The number of carbonyl (C=O) groups excluding carboxylic acids is 2. The van der Waals surface area contributed by atoms with Crippen LogP contribution in [0.2, 0.25) is 0 Å². The quantitative estimate of drug-likeness (QED) is 0.366. The topological polar surface area (TPSA) is 79.3 Å². The number of aliphatic hydroxyl groups is 1. The Morgan fingerprint density at radius 2 is 1.71 bits per heavy atom. The van der Waals surface area contributed by atoms with E-state index in [1.807, 2.05) is 30.3 Å². The van der Waals surface area contributed by atoms with Gasteiger partial charge in [0.25, 0.3) is 11.7 Å². The zero-order chi connectivity index (χ0) is 24.1. The lowest BCUT2D eigenvalue weighted by molar-refractivity contribution is -0.140. The van der Waals surface area contributed by atoms with Crippen LogP contribution >= 0.6 is 0 Å². The number of morpholine rings is 1. The number of rotatable bonds is 8. The van der Waals surface area contributed by atoms with Crippen molar-refractivity contribution in [3.05, 3.63) is 71.3 Å². The van der Waals surface area contributed by atoms with Gasteiger partial charge in [0.05, 0.1) is 31.4 Å². The van der Waals surface area contributed by atoms with E-state index in [2.05, 4.69) is 18.7 Å². The van der Waals surface area contributed by atoms with E-state index in [1.54, 1.807) is 29.2 Å². The Morgan fingerprint density at radius 3 is 2.35 bits per heavy atom. The van der Waals surface area contributed by atoms with Crippen molar-refractivity contribution in [1.29, 1.82) is 0 Å². The summed E-state index contributed by atoms with van der Waals surface area (Å²) in [5, 5.41) is 11.2. The van der Waals surface area contributed by atoms with E-state index in [1.165, 1.54) is 0 Å². The number of Topliss-reactive ketones (excluding diaryl/α,β-unsaturated/α-hetero) is 1. The Hall–Kier alpha value is -3.16. The van der Waals surface area contributed by atoms with Gasteiger partial charge in [0, 0.05) is 31.7 Å². The van der Waals surface area contributed by atoms with E-state index in [0.29, 0.717) is 50.1 Å². The summed E-state index contributed by atoms with van der Waals surface area (Å²) in [6.45, 7) is 8.69. The zero-order valence-electron chi connectivity index (χ0n) is 19.8. The largest absolute Gasteiger partial charge is 0.507 e. The Morgan fingerprint density at radius 1 is 1.03 bits per heavy atom. The predicted octanol–water partition coefficient (Wildman–Crippen LogP) is 3.48. The zero-order valence-corrected chi connectivity index (χ0v) is 19.8. The van der Waals surface area contributed by atoms with Crippen LogP contribution in [0.5, 0.6) is 5.75 Å². The fraction of sp³-hybridized carbons (Fsp3) is 0.407. The summed E-state index contributed by atoms with van der Waals surface area (Å²) < 4.78 is 11.1. The van der Waals surface area contributed by atoms with Crippen LogP contribution in [0.4, 0.5) is 0 Å². The molecule has 1 atom stereocenters. The number of ketones is 1. The molecule has 1 amide bonds. The number of amides is 1. The van der Waals surface area contributed by atoms with Crippen molar-refractivity contribution >= 4 is 17.4 Å². The number of likely N-dealkylation sites (tertiary alicyclic amines) is 1. The summed E-state index contributed by atoms with van der Waals surface area (Å²) in [6.07, 6.45) is 0. The molecule has 2 aromatic rings. The molecule has 1 N–H and O–H groups in total. The van der Waals surface area contributed by atoms with Gasteiger partial charge in [0.1, 0.15) is 11.5 Å². The van der Waals surface area contributed by atoms with Gasteiger partial charge in [-0.2, -0.15) is 0 Å². The van der Waals surface area contributed by atoms with Crippen molar-refractivity contribution in [3.63, 3.8) is 0 Å². The third-order valence-corrected chi connectivity index (χ3v) is 6.13. The maximum Gasteiger partial charge on any atom is 0.295 e. The van der Waals surface area contributed by atoms with Crippen molar-refractivity contribution in [3.8, 4) is 5.75 Å². The van der Waals surface area contributed by atoms with Gasteiger partial charge in [-0.15, -0.1) is 0 Å². The van der Waals surface area contributed by atoms with Crippen molar-refractivity contribution in [2.45, 2.75) is 19.9 Å². The van der Waals surface area contributed by atoms with Crippen LogP contribution in [0.25, 0.3) is 5.76 Å². The lowest BCUT2D eigenvalue weighted by Crippen LogP contribution is -2.42. The molecule has 2 aliphatic heterocycles. The highest BCUT2D eigenvalue weighted by Crippen LogP contribution is 2.39. The molecule has 0 spiro atoms. The van der Waals surface area contributed by atoms with Crippen LogP contribution in [0, 0.1) is 5.92 Å². The lowest BCUT2D eigenvalue weighted by Gasteiger charge is -2.31. The molecule has 0 aromatic heterocycles. The van der Waals surface area contributed by atoms with Crippen molar-refractivity contribution in [1.82, 2.24) is 9.80 Å². The summed E-state index contributed by atoms with van der Waals surface area (Å²) in [5.74, 6) is -0.325. The fourth-order valence-electron chi connectivity index (χ4n) is 4.29. The predicted molar refractivity (Wildman–Crippen MR) is 129 cm³/mol. The van der Waals surface area contributed by atoms with E-state index in [0.717, 1.165) is 18.7 Å². The number of nitrogens with zero attached hydrogens (tertiary/aromatic N) is 2. The van der Waals surface area contributed by atoms with Crippen LogP contribution in [0.3, 0.4) is 0 Å². The minimum absolute atomic E-state index is 0.119. The lowest BCUT2D eigenvalue weighted by atomic mass is 9.95. The monoisotopic (exact) mass is 464 g/mol. The molecule has 2 aromatic carbocycles. The van der Waals surface area contributed by atoms with Gasteiger partial charge in [-0.25, -0.2) is 0 Å². The van der Waals surface area contributed by atoms with E-state index < -0.39 is 17.7 Å². The van der Waals surface area contributed by atoms with Gasteiger partial charge in [0.2, 0.25) is 0 Å². The minimum Gasteiger partial charge on any atom is -0.507 e. The standard InChI is InChI=1S/C27H32N2O5/c1-19(2)18-34-22-10-8-21(9-11-22)25(30)23-24(20-6-4-3-5-7-20)29(27(32)26(23)31)13-12-28-14-16-33-17-15-28/h3-11,19,24,30H,12-18H2,1-2H3/b25-23-. The Labute approximate surface area is 200 Å². The number of hydrogen-bond donors (Lipinski definition) is 1. The molecule has 1 unspecified atom stereocenters. The molecule has 0 aliphatic carbocycles. The van der Waals surface area contributed by atoms with Crippen LogP contribution in [0.15, 0.2) is 60.2 Å². The Balaban J connectivity index is 1.64. The van der Waals surface area contributed by atoms with E-state index in [9.17, 15) is 14.7 Å². The molecule has 180 valence electrons. The molecule has 0 radical (unpaired) electrons. The third kappa shape index (κ3) is 5.32. The summed E-state index contributed by atoms with van der Waals surface area (Å²) in [5.41, 5.74) is 1.39. The first-order valence-electron chi connectivity index (χ1n) is 11.8. The van der Waals surface area contributed by atoms with Crippen molar-refractivity contribution in [2.75, 3.05) is 46.0 Å². The van der Waals surface area contributed by atoms with E-state index in [4.69, 9.17) is 9.47 Å². The smallest absolute Gasteiger partial charge is 0.295 e. The van der Waals surface area contributed by atoms with E-state index in [-0.39, 0.29) is 11.3 Å². The highest BCUT2D eigenvalue weighted by molar-refractivity contribution is 6.46. The second-order valence-corrected chi connectivity index (χ2v) is 9.09. The van der Waals surface area contributed by atoms with Crippen molar-refractivity contribution < 1.29 is 24.2 Å². The maximum absolute atomic E-state index is 13.1. The highest BCUT2D eigenvalue weighted by atomic mass is 16.5. The molecule has 2 saturated heterocycles. The molecule has 4 rings (SSSR count). The molecule has 0 bridgehead atoms. The van der Waals surface area contributed by atoms with Crippen LogP contribution in [-0.4, -0.2) is 72.6 Å². The van der Waals surface area contributed by atoms with Gasteiger partial charge in [-0.3, -0.25) is 14.5 Å². The van der Waals surface area contributed by atoms with Gasteiger partial charge in [-0.05, 0) is 35.7 Å². The molecule has 34 heavy (non-hydrogen) atoms. The number of ether oxygens (including phenoxy) is 2. The SMILES string of the molecule is CC(C)COc1ccc(/C(O)=C2/C(=O)C(=O)N(CCN3CCOCC3)C2c2ccccc2)cc1. The fourth-order valence-corrected chi connectivity index (χ4v) is 4.29. The van der Waals surface area contributed by atoms with Crippen molar-refractivity contribution in [2.24, 2.45) is 5.92 Å². The second-order valence-electron chi connectivity index (χ2n) is 9.09. The molecule has 2 heterocycles. The van der Waals surface area contributed by atoms with Crippen LogP contribution in [-0.2, 0) is 14.3 Å². The molecule has 2 fully saturated rings. The van der Waals surface area contributed by atoms with E-state index >= 15 is 0 Å². The van der Waals surface area contributed by atoms with Gasteiger partial charge >= 0.3 is 0 Å². The third-order valence-electron chi connectivity index (χ3n) is 6.13. The van der Waals surface area contributed by atoms with Crippen LogP contribution < -0.4 is 4.74 Å². The molecule has 7 nitrogen and oxygen atoms in total. The Kier molecular flexibility index (Phi) is 7.65. The Bertz CT molecular complexity index is 1030. The number of hydrogen-bond acceptors (Lipinski definition) is 6. The average molecular weight is 465 g/mol. The molecular weight excluding hydrogens is 432 g/mol. The number of carbonyl (C=O) groups is 2. The first-order valence-corrected chi connectivity index (χ1v) is 11.8. The molecule has 7 heteroatoms. The number of benzene rings is 2. The second kappa shape index (κ2) is 10.8. The highest BCUT2D eigenvalue weighted by Gasteiger charge is 2.45. The summed E-state index contributed by atoms with van der Waals surface area (Å²) in [4.78, 5) is 30.0. The first-order chi connectivity index (χ1) is 16.5. The summed E-state index contributed by atoms with van der Waals surface area (Å²) in [6, 6.07) is 15.7. The maximum atomic E-state index is 13.1. The van der Waals surface area contributed by atoms with Gasteiger partial charge in [-0.1, -0.05) is 44.2 Å². The normalized spacial score (nSPS) is 20.8. The molecule has 0 saturated carbocycles.